The summed E-state index contributed by atoms with van der Waals surface area (Å²) in [6, 6.07) is 18.1. The fraction of sp³-hybridized carbons (Fsp3) is 0.200. The molecule has 0 unspecified atom stereocenters. The number of hydrogen-bond donors (Lipinski definition) is 0. The maximum absolute atomic E-state index is 13.0. The van der Waals surface area contributed by atoms with Crippen molar-refractivity contribution in [2.75, 3.05) is 31.1 Å². The second-order valence-electron chi connectivity index (χ2n) is 6.00. The van der Waals surface area contributed by atoms with Gasteiger partial charge in [-0.1, -0.05) is 36.4 Å². The Kier molecular flexibility index (Phi) is 4.48. The van der Waals surface area contributed by atoms with Gasteiger partial charge in [0.25, 0.3) is 5.91 Å². The molecule has 1 saturated heterocycles. The van der Waals surface area contributed by atoms with Gasteiger partial charge in [0, 0.05) is 37.9 Å². The molecule has 25 heavy (non-hydrogen) atoms. The van der Waals surface area contributed by atoms with Crippen LogP contribution in [0.3, 0.4) is 0 Å². The molecule has 0 radical (unpaired) electrons. The fourth-order valence-corrected chi connectivity index (χ4v) is 4.03. The first kappa shape index (κ1) is 15.8. The highest BCUT2D eigenvalue weighted by molar-refractivity contribution is 7.12. The van der Waals surface area contributed by atoms with Crippen LogP contribution < -0.4 is 4.90 Å². The molecule has 1 aromatic carbocycles. The van der Waals surface area contributed by atoms with Crippen molar-refractivity contribution in [2.45, 2.75) is 0 Å². The third-order valence-corrected chi connectivity index (χ3v) is 5.39. The van der Waals surface area contributed by atoms with E-state index < -0.39 is 0 Å². The number of aromatic nitrogens is 1. The minimum absolute atomic E-state index is 0.134. The predicted molar refractivity (Wildman–Crippen MR) is 102 cm³/mol. The van der Waals surface area contributed by atoms with Crippen LogP contribution in [0.15, 0.2) is 66.2 Å². The first-order valence-corrected chi connectivity index (χ1v) is 9.29. The monoisotopic (exact) mass is 349 g/mol. The zero-order valence-electron chi connectivity index (χ0n) is 13.8. The Bertz CT molecular complexity index is 840. The number of carbonyl (C=O) groups excluding carboxylic acids is 1. The SMILES string of the molecule is O=C(c1sccc1-c1ccccc1)N1CCN(c2ccccn2)CC1. The normalized spacial score (nSPS) is 14.6. The van der Waals surface area contributed by atoms with E-state index in [0.29, 0.717) is 0 Å². The molecule has 1 aliphatic rings. The summed E-state index contributed by atoms with van der Waals surface area (Å²) >= 11 is 1.53. The summed E-state index contributed by atoms with van der Waals surface area (Å²) < 4.78 is 0. The number of pyridine rings is 1. The third kappa shape index (κ3) is 3.28. The average Bonchev–Trinajstić information content (AvgIpc) is 3.19. The van der Waals surface area contributed by atoms with E-state index in [0.717, 1.165) is 48.0 Å². The third-order valence-electron chi connectivity index (χ3n) is 4.48. The van der Waals surface area contributed by atoms with E-state index in [4.69, 9.17) is 0 Å². The van der Waals surface area contributed by atoms with Crippen LogP contribution in [0, 0.1) is 0 Å². The van der Waals surface area contributed by atoms with Gasteiger partial charge in [0.15, 0.2) is 0 Å². The van der Waals surface area contributed by atoms with Crippen LogP contribution in [0.5, 0.6) is 0 Å². The van der Waals surface area contributed by atoms with E-state index in [-0.39, 0.29) is 5.91 Å². The molecular formula is C20H19N3OS. The summed E-state index contributed by atoms with van der Waals surface area (Å²) in [6.07, 6.45) is 1.81. The lowest BCUT2D eigenvalue weighted by atomic mass is 10.1. The summed E-state index contributed by atoms with van der Waals surface area (Å²) in [5, 5.41) is 2.00. The van der Waals surface area contributed by atoms with Crippen molar-refractivity contribution in [2.24, 2.45) is 0 Å². The van der Waals surface area contributed by atoms with Crippen molar-refractivity contribution < 1.29 is 4.79 Å². The van der Waals surface area contributed by atoms with Crippen LogP contribution in [0.25, 0.3) is 11.1 Å². The number of rotatable bonds is 3. The number of benzene rings is 1. The standard InChI is InChI=1S/C20H19N3OS/c24-20(19-17(9-15-25-19)16-6-2-1-3-7-16)23-13-11-22(12-14-23)18-8-4-5-10-21-18/h1-10,15H,11-14H2. The molecule has 1 fully saturated rings. The van der Waals surface area contributed by atoms with Crippen LogP contribution in [-0.2, 0) is 0 Å². The van der Waals surface area contributed by atoms with Crippen molar-refractivity contribution in [3.8, 4) is 11.1 Å². The average molecular weight is 349 g/mol. The van der Waals surface area contributed by atoms with E-state index in [9.17, 15) is 4.79 Å². The lowest BCUT2D eigenvalue weighted by Crippen LogP contribution is -2.49. The van der Waals surface area contributed by atoms with Gasteiger partial charge in [-0.2, -0.15) is 0 Å². The molecule has 3 aromatic rings. The van der Waals surface area contributed by atoms with Crippen molar-refractivity contribution >= 4 is 23.1 Å². The smallest absolute Gasteiger partial charge is 0.264 e. The molecule has 0 aliphatic carbocycles. The Hall–Kier alpha value is -2.66. The van der Waals surface area contributed by atoms with Crippen LogP contribution in [0.4, 0.5) is 5.82 Å². The molecular weight excluding hydrogens is 330 g/mol. The van der Waals surface area contributed by atoms with E-state index >= 15 is 0 Å². The predicted octanol–water partition coefficient (Wildman–Crippen LogP) is 3.77. The Labute approximate surface area is 151 Å². The van der Waals surface area contributed by atoms with Gasteiger partial charge in [0.1, 0.15) is 5.82 Å². The largest absolute Gasteiger partial charge is 0.353 e. The van der Waals surface area contributed by atoms with Gasteiger partial charge < -0.3 is 9.80 Å². The molecule has 0 atom stereocenters. The Morgan fingerprint density at radius 3 is 2.40 bits per heavy atom. The minimum atomic E-state index is 0.134. The molecule has 3 heterocycles. The second kappa shape index (κ2) is 7.07. The molecule has 1 aliphatic heterocycles. The molecule has 4 rings (SSSR count). The summed E-state index contributed by atoms with van der Waals surface area (Å²) in [7, 11) is 0. The van der Waals surface area contributed by atoms with E-state index in [1.54, 1.807) is 0 Å². The number of anilines is 1. The van der Waals surface area contributed by atoms with Crippen LogP contribution >= 0.6 is 11.3 Å². The van der Waals surface area contributed by atoms with Gasteiger partial charge in [-0.25, -0.2) is 4.98 Å². The topological polar surface area (TPSA) is 36.4 Å². The molecule has 4 nitrogen and oxygen atoms in total. The lowest BCUT2D eigenvalue weighted by molar-refractivity contribution is 0.0752. The number of nitrogens with zero attached hydrogens (tertiary/aromatic N) is 3. The fourth-order valence-electron chi connectivity index (χ4n) is 3.14. The lowest BCUT2D eigenvalue weighted by Gasteiger charge is -2.35. The number of hydrogen-bond acceptors (Lipinski definition) is 4. The zero-order valence-corrected chi connectivity index (χ0v) is 14.7. The molecule has 0 bridgehead atoms. The molecule has 1 amide bonds. The van der Waals surface area contributed by atoms with E-state index in [1.165, 1.54) is 11.3 Å². The van der Waals surface area contributed by atoms with Gasteiger partial charge >= 0.3 is 0 Å². The molecule has 0 saturated carbocycles. The van der Waals surface area contributed by atoms with Gasteiger partial charge in [0.05, 0.1) is 4.88 Å². The van der Waals surface area contributed by atoms with Gasteiger partial charge in [0.2, 0.25) is 0 Å². The van der Waals surface area contributed by atoms with Gasteiger partial charge in [-0.3, -0.25) is 4.79 Å². The quantitative estimate of drug-likeness (QED) is 0.722. The molecule has 0 spiro atoms. The first-order valence-electron chi connectivity index (χ1n) is 8.41. The van der Waals surface area contributed by atoms with Crippen molar-refractivity contribution in [3.63, 3.8) is 0 Å². The van der Waals surface area contributed by atoms with E-state index in [2.05, 4.69) is 22.0 Å². The molecule has 126 valence electrons. The van der Waals surface area contributed by atoms with Gasteiger partial charge in [-0.05, 0) is 29.1 Å². The Balaban J connectivity index is 1.48. The Morgan fingerprint density at radius 1 is 0.920 bits per heavy atom. The first-order chi connectivity index (χ1) is 12.3. The number of piperazine rings is 1. The second-order valence-corrected chi connectivity index (χ2v) is 6.91. The summed E-state index contributed by atoms with van der Waals surface area (Å²) in [5.74, 6) is 1.12. The highest BCUT2D eigenvalue weighted by Crippen LogP contribution is 2.29. The highest BCUT2D eigenvalue weighted by Gasteiger charge is 2.25. The van der Waals surface area contributed by atoms with Gasteiger partial charge in [-0.15, -0.1) is 11.3 Å². The highest BCUT2D eigenvalue weighted by atomic mass is 32.1. The summed E-state index contributed by atoms with van der Waals surface area (Å²) in [6.45, 7) is 3.08. The maximum Gasteiger partial charge on any atom is 0.264 e. The van der Waals surface area contributed by atoms with Crippen molar-refractivity contribution in [1.29, 1.82) is 0 Å². The number of amides is 1. The molecule has 2 aromatic heterocycles. The number of carbonyl (C=O) groups is 1. The van der Waals surface area contributed by atoms with Crippen molar-refractivity contribution in [3.05, 3.63) is 71.1 Å². The minimum Gasteiger partial charge on any atom is -0.353 e. The van der Waals surface area contributed by atoms with Crippen LogP contribution in [-0.4, -0.2) is 42.0 Å². The van der Waals surface area contributed by atoms with Crippen LogP contribution in [0.2, 0.25) is 0 Å². The van der Waals surface area contributed by atoms with E-state index in [1.807, 2.05) is 58.9 Å². The van der Waals surface area contributed by atoms with Crippen molar-refractivity contribution in [1.82, 2.24) is 9.88 Å². The maximum atomic E-state index is 13.0. The molecule has 5 heteroatoms. The summed E-state index contributed by atoms with van der Waals surface area (Å²) in [5.41, 5.74) is 2.13. The summed E-state index contributed by atoms with van der Waals surface area (Å²) in [4.78, 5) is 22.4. The Morgan fingerprint density at radius 2 is 1.68 bits per heavy atom. The zero-order chi connectivity index (χ0) is 17.1. The molecule has 0 N–H and O–H groups in total. The number of thiophene rings is 1. The van der Waals surface area contributed by atoms with Crippen LogP contribution in [0.1, 0.15) is 9.67 Å².